The predicted molar refractivity (Wildman–Crippen MR) is 202 cm³/mol. The first-order valence-corrected chi connectivity index (χ1v) is 20.6. The molecule has 1 saturated heterocycles. The zero-order chi connectivity index (χ0) is 34.6. The largest absolute Gasteiger partial charge is 0.461 e. The third-order valence-corrected chi connectivity index (χ3v) is 9.31. The summed E-state index contributed by atoms with van der Waals surface area (Å²) in [7, 11) is 0. The molecule has 1 heterocycles. The highest BCUT2D eigenvalue weighted by atomic mass is 16.6. The van der Waals surface area contributed by atoms with Gasteiger partial charge in [0, 0.05) is 19.6 Å². The lowest BCUT2D eigenvalue weighted by molar-refractivity contribution is -0.152. The molecule has 1 amide bonds. The summed E-state index contributed by atoms with van der Waals surface area (Å²) < 4.78 is 17.6. The molecular formula is C42H77NO5. The second-order valence-corrected chi connectivity index (χ2v) is 14.0. The molecule has 1 fully saturated rings. The molecule has 6 heteroatoms. The van der Waals surface area contributed by atoms with Gasteiger partial charge in [0.15, 0.2) is 0 Å². The lowest BCUT2D eigenvalue weighted by atomic mass is 10.1. The number of esters is 1. The summed E-state index contributed by atoms with van der Waals surface area (Å²) >= 11 is 0. The zero-order valence-corrected chi connectivity index (χ0v) is 31.6. The molecule has 6 nitrogen and oxygen atoms in total. The predicted octanol–water partition coefficient (Wildman–Crippen LogP) is 11.5. The van der Waals surface area contributed by atoms with Crippen molar-refractivity contribution >= 4 is 11.9 Å². The maximum Gasteiger partial charge on any atom is 0.328 e. The quantitative estimate of drug-likeness (QED) is 0.0406. The van der Waals surface area contributed by atoms with Crippen molar-refractivity contribution in [1.82, 2.24) is 5.32 Å². The highest BCUT2D eigenvalue weighted by Crippen LogP contribution is 2.13. The second kappa shape index (κ2) is 35.2. The van der Waals surface area contributed by atoms with Gasteiger partial charge in [-0.3, -0.25) is 4.79 Å². The van der Waals surface area contributed by atoms with Gasteiger partial charge in [0.05, 0.1) is 6.61 Å². The number of carbonyl (C=O) groups is 2. The Labute approximate surface area is 297 Å². The number of allylic oxidation sites excluding steroid dienone is 4. The van der Waals surface area contributed by atoms with Crippen molar-refractivity contribution in [2.75, 3.05) is 26.4 Å². The highest BCUT2D eigenvalue weighted by molar-refractivity contribution is 5.88. The summed E-state index contributed by atoms with van der Waals surface area (Å²) in [4.78, 5) is 23.9. The molecule has 0 bridgehead atoms. The van der Waals surface area contributed by atoms with E-state index in [2.05, 4.69) is 43.5 Å². The van der Waals surface area contributed by atoms with Gasteiger partial charge in [0.2, 0.25) is 5.91 Å². The molecule has 1 N–H and O–H groups in total. The van der Waals surface area contributed by atoms with E-state index in [-0.39, 0.29) is 24.6 Å². The van der Waals surface area contributed by atoms with E-state index in [0.29, 0.717) is 32.7 Å². The number of unbranched alkanes of at least 4 members (excludes halogenated alkanes) is 22. The molecule has 280 valence electrons. The number of nitrogens with one attached hydrogen (secondary N) is 1. The number of carbonyl (C=O) groups excluding carboxylic acids is 2. The van der Waals surface area contributed by atoms with E-state index in [1.807, 2.05) is 0 Å². The first-order chi connectivity index (χ1) is 23.7. The van der Waals surface area contributed by atoms with Crippen LogP contribution in [0.2, 0.25) is 0 Å². The lowest BCUT2D eigenvalue weighted by Gasteiger charge is -2.19. The lowest BCUT2D eigenvalue weighted by Crippen LogP contribution is -2.37. The molecule has 0 saturated carbocycles. The Kier molecular flexibility index (Phi) is 32.5. The van der Waals surface area contributed by atoms with Crippen LogP contribution in [0, 0.1) is 0 Å². The van der Waals surface area contributed by atoms with Crippen LogP contribution in [0.15, 0.2) is 24.3 Å². The van der Waals surface area contributed by atoms with Gasteiger partial charge in [-0.05, 0) is 70.6 Å². The van der Waals surface area contributed by atoms with Crippen LogP contribution in [0.3, 0.4) is 0 Å². The van der Waals surface area contributed by atoms with Crippen molar-refractivity contribution < 1.29 is 23.8 Å². The van der Waals surface area contributed by atoms with Gasteiger partial charge in [-0.2, -0.15) is 0 Å². The summed E-state index contributed by atoms with van der Waals surface area (Å²) in [5.74, 6) is -0.452. The monoisotopic (exact) mass is 676 g/mol. The van der Waals surface area contributed by atoms with E-state index < -0.39 is 6.04 Å². The minimum Gasteiger partial charge on any atom is -0.461 e. The van der Waals surface area contributed by atoms with Gasteiger partial charge in [-0.15, -0.1) is 0 Å². The fourth-order valence-corrected chi connectivity index (χ4v) is 6.12. The van der Waals surface area contributed by atoms with Crippen LogP contribution in [-0.2, 0) is 23.8 Å². The highest BCUT2D eigenvalue weighted by Gasteiger charge is 2.29. The molecular weight excluding hydrogens is 598 g/mol. The summed E-state index contributed by atoms with van der Waals surface area (Å²) in [5, 5.41) is 2.69. The van der Waals surface area contributed by atoms with Crippen LogP contribution in [0.4, 0.5) is 0 Å². The Morgan fingerprint density at radius 3 is 1.52 bits per heavy atom. The van der Waals surface area contributed by atoms with E-state index in [1.165, 1.54) is 148 Å². The first-order valence-electron chi connectivity index (χ1n) is 20.6. The molecule has 0 aliphatic carbocycles. The van der Waals surface area contributed by atoms with Crippen molar-refractivity contribution in [1.29, 1.82) is 0 Å². The van der Waals surface area contributed by atoms with Crippen LogP contribution in [0.25, 0.3) is 0 Å². The minimum absolute atomic E-state index is 0.0851. The summed E-state index contributed by atoms with van der Waals surface area (Å²) in [6, 6.07) is -0.526. The van der Waals surface area contributed by atoms with Crippen molar-refractivity contribution in [3.8, 4) is 0 Å². The molecule has 0 radical (unpaired) electrons. The number of amides is 1. The fourth-order valence-electron chi connectivity index (χ4n) is 6.12. The molecule has 2 unspecified atom stereocenters. The van der Waals surface area contributed by atoms with Crippen LogP contribution < -0.4 is 5.32 Å². The number of rotatable bonds is 36. The molecule has 0 aromatic heterocycles. The Hall–Kier alpha value is -1.66. The molecule has 1 rings (SSSR count). The van der Waals surface area contributed by atoms with Crippen molar-refractivity contribution in [3.05, 3.63) is 24.3 Å². The SMILES string of the molecule is CCCCCCCC=CCCCCCCCCOCC(COC(=O)C1CCC(=O)N1)OCCCCCCCCC=CCCCCCCC. The van der Waals surface area contributed by atoms with Crippen molar-refractivity contribution in [2.45, 2.75) is 206 Å². The van der Waals surface area contributed by atoms with Crippen LogP contribution in [-0.4, -0.2) is 50.4 Å². The second-order valence-electron chi connectivity index (χ2n) is 14.0. The van der Waals surface area contributed by atoms with E-state index in [4.69, 9.17) is 14.2 Å². The van der Waals surface area contributed by atoms with Gasteiger partial charge in [0.25, 0.3) is 0 Å². The fraction of sp³-hybridized carbons (Fsp3) is 0.857. The molecule has 0 aromatic rings. The maximum absolute atomic E-state index is 12.4. The Morgan fingerprint density at radius 2 is 1.06 bits per heavy atom. The first kappa shape index (κ1) is 44.4. The minimum atomic E-state index is -0.526. The molecule has 0 spiro atoms. The summed E-state index contributed by atoms with van der Waals surface area (Å²) in [6.07, 6.45) is 43.3. The molecule has 0 aromatic carbocycles. The molecule has 1 aliphatic rings. The zero-order valence-electron chi connectivity index (χ0n) is 31.6. The molecule has 1 aliphatic heterocycles. The normalized spacial score (nSPS) is 15.5. The van der Waals surface area contributed by atoms with Gasteiger partial charge in [0.1, 0.15) is 18.8 Å². The van der Waals surface area contributed by atoms with Gasteiger partial charge in [-0.1, -0.05) is 141 Å². The standard InChI is InChI=1S/C42H77NO5/c1-3-5-7-9-11-13-15-17-19-21-23-25-27-29-31-35-46-37-39(38-48-42(45)40-33-34-41(44)43-40)47-36-32-30-28-26-24-22-20-18-16-14-12-10-8-6-4-2/h15-18,39-40H,3-14,19-38H2,1-2H3,(H,43,44). The van der Waals surface area contributed by atoms with Crippen LogP contribution in [0.1, 0.15) is 194 Å². The van der Waals surface area contributed by atoms with E-state index in [9.17, 15) is 9.59 Å². The van der Waals surface area contributed by atoms with Gasteiger partial charge in [-0.25, -0.2) is 4.79 Å². The smallest absolute Gasteiger partial charge is 0.328 e. The third kappa shape index (κ3) is 29.3. The molecule has 48 heavy (non-hydrogen) atoms. The Balaban J connectivity index is 2.09. The van der Waals surface area contributed by atoms with Crippen LogP contribution >= 0.6 is 0 Å². The Morgan fingerprint density at radius 1 is 0.625 bits per heavy atom. The van der Waals surface area contributed by atoms with Crippen molar-refractivity contribution in [3.63, 3.8) is 0 Å². The van der Waals surface area contributed by atoms with E-state index in [0.717, 1.165) is 19.3 Å². The van der Waals surface area contributed by atoms with Gasteiger partial charge < -0.3 is 19.5 Å². The summed E-state index contributed by atoms with van der Waals surface area (Å²) in [6.45, 7) is 6.50. The topological polar surface area (TPSA) is 73.9 Å². The van der Waals surface area contributed by atoms with Gasteiger partial charge >= 0.3 is 5.97 Å². The van der Waals surface area contributed by atoms with Crippen LogP contribution in [0.5, 0.6) is 0 Å². The van der Waals surface area contributed by atoms with E-state index in [1.54, 1.807) is 0 Å². The Bertz CT molecular complexity index is 782. The number of ether oxygens (including phenoxy) is 3. The number of hydrogen-bond acceptors (Lipinski definition) is 5. The number of hydrogen-bond donors (Lipinski definition) is 1. The van der Waals surface area contributed by atoms with Crippen molar-refractivity contribution in [2.24, 2.45) is 0 Å². The average molecular weight is 676 g/mol. The maximum atomic E-state index is 12.4. The average Bonchev–Trinajstić information content (AvgIpc) is 3.54. The van der Waals surface area contributed by atoms with E-state index >= 15 is 0 Å². The summed E-state index contributed by atoms with van der Waals surface area (Å²) in [5.41, 5.74) is 0. The third-order valence-electron chi connectivity index (χ3n) is 9.31. The molecule has 2 atom stereocenters.